The largest absolute Gasteiger partial charge is 0.357 e. The topological polar surface area (TPSA) is 49.8 Å². The summed E-state index contributed by atoms with van der Waals surface area (Å²) in [4.78, 5) is 8.67. The second-order valence-corrected chi connectivity index (χ2v) is 4.87. The van der Waals surface area contributed by atoms with Gasteiger partial charge in [-0.25, -0.2) is 4.98 Å². The van der Waals surface area contributed by atoms with Crippen molar-refractivity contribution in [2.24, 2.45) is 0 Å². The molecule has 0 atom stereocenters. The maximum Gasteiger partial charge on any atom is 0.224 e. The van der Waals surface area contributed by atoms with Crippen molar-refractivity contribution >= 4 is 17.5 Å². The van der Waals surface area contributed by atoms with Gasteiger partial charge in [0, 0.05) is 24.5 Å². The fraction of sp³-hybridized carbons (Fsp3) is 0.333. The van der Waals surface area contributed by atoms with E-state index in [4.69, 9.17) is 0 Å². The molecular weight excluding hydrogens is 236 g/mol. The van der Waals surface area contributed by atoms with Crippen molar-refractivity contribution in [2.75, 3.05) is 17.7 Å². The molecule has 0 bridgehead atoms. The van der Waals surface area contributed by atoms with Crippen LogP contribution in [0.3, 0.4) is 0 Å². The van der Waals surface area contributed by atoms with Gasteiger partial charge in [-0.15, -0.1) is 0 Å². The Kier molecular flexibility index (Phi) is 4.00. The number of benzene rings is 1. The third-order valence-corrected chi connectivity index (χ3v) is 2.90. The summed E-state index contributed by atoms with van der Waals surface area (Å²) in [6, 6.07) is 10.3. The van der Waals surface area contributed by atoms with Crippen LogP contribution in [0, 0.1) is 6.92 Å². The summed E-state index contributed by atoms with van der Waals surface area (Å²) in [5.74, 6) is 1.95. The normalized spacial score (nSPS) is 10.6. The van der Waals surface area contributed by atoms with Gasteiger partial charge in [-0.05, 0) is 30.5 Å². The molecule has 0 fully saturated rings. The summed E-state index contributed by atoms with van der Waals surface area (Å²) in [7, 11) is 1.82. The Morgan fingerprint density at radius 2 is 1.89 bits per heavy atom. The van der Waals surface area contributed by atoms with Crippen LogP contribution in [0.25, 0.3) is 0 Å². The van der Waals surface area contributed by atoms with Gasteiger partial charge < -0.3 is 10.6 Å². The molecule has 2 N–H and O–H groups in total. The van der Waals surface area contributed by atoms with Crippen molar-refractivity contribution in [1.82, 2.24) is 9.97 Å². The lowest BCUT2D eigenvalue weighted by atomic mass is 10.0. The van der Waals surface area contributed by atoms with E-state index in [9.17, 15) is 0 Å². The average Bonchev–Trinajstić information content (AvgIpc) is 2.38. The van der Waals surface area contributed by atoms with E-state index in [1.54, 1.807) is 0 Å². The van der Waals surface area contributed by atoms with Crippen molar-refractivity contribution in [2.45, 2.75) is 26.7 Å². The Balaban J connectivity index is 2.25. The first-order valence-electron chi connectivity index (χ1n) is 6.49. The minimum Gasteiger partial charge on any atom is -0.357 e. The number of aryl methyl sites for hydroxylation is 1. The lowest BCUT2D eigenvalue weighted by molar-refractivity contribution is 0.867. The van der Waals surface area contributed by atoms with E-state index < -0.39 is 0 Å². The van der Waals surface area contributed by atoms with Gasteiger partial charge in [0.2, 0.25) is 5.95 Å². The zero-order valence-corrected chi connectivity index (χ0v) is 11.9. The molecule has 1 aromatic carbocycles. The van der Waals surface area contributed by atoms with Gasteiger partial charge in [-0.2, -0.15) is 4.98 Å². The van der Waals surface area contributed by atoms with E-state index in [1.807, 2.05) is 26.1 Å². The van der Waals surface area contributed by atoms with Crippen LogP contribution in [0.2, 0.25) is 0 Å². The highest BCUT2D eigenvalue weighted by Crippen LogP contribution is 2.21. The number of nitrogens with one attached hydrogen (secondary N) is 2. The van der Waals surface area contributed by atoms with E-state index in [0.29, 0.717) is 11.9 Å². The quantitative estimate of drug-likeness (QED) is 0.876. The summed E-state index contributed by atoms with van der Waals surface area (Å²) in [6.45, 7) is 6.33. The Bertz CT molecular complexity index is 564. The third kappa shape index (κ3) is 3.44. The SMILES string of the molecule is CNc1nc(C)cc(Nc2cccc(C(C)C)c2)n1. The molecule has 0 amide bonds. The van der Waals surface area contributed by atoms with Gasteiger partial charge in [0.05, 0.1) is 0 Å². The summed E-state index contributed by atoms with van der Waals surface area (Å²) in [5.41, 5.74) is 3.29. The molecule has 0 aliphatic carbocycles. The van der Waals surface area contributed by atoms with E-state index in [0.717, 1.165) is 17.2 Å². The second-order valence-electron chi connectivity index (χ2n) is 4.87. The number of nitrogens with zero attached hydrogens (tertiary/aromatic N) is 2. The van der Waals surface area contributed by atoms with Crippen LogP contribution in [0.4, 0.5) is 17.5 Å². The predicted octanol–water partition coefficient (Wildman–Crippen LogP) is 3.69. The van der Waals surface area contributed by atoms with Gasteiger partial charge in [0.1, 0.15) is 5.82 Å². The van der Waals surface area contributed by atoms with Crippen molar-refractivity contribution < 1.29 is 0 Å². The second kappa shape index (κ2) is 5.69. The van der Waals surface area contributed by atoms with Gasteiger partial charge in [-0.3, -0.25) is 0 Å². The number of rotatable bonds is 4. The minimum atomic E-state index is 0.516. The molecule has 19 heavy (non-hydrogen) atoms. The Morgan fingerprint density at radius 1 is 1.11 bits per heavy atom. The molecule has 0 aliphatic rings. The number of hydrogen-bond acceptors (Lipinski definition) is 4. The monoisotopic (exact) mass is 256 g/mol. The first-order valence-corrected chi connectivity index (χ1v) is 6.49. The van der Waals surface area contributed by atoms with Crippen LogP contribution in [-0.4, -0.2) is 17.0 Å². The van der Waals surface area contributed by atoms with Crippen LogP contribution in [-0.2, 0) is 0 Å². The Hall–Kier alpha value is -2.10. The number of hydrogen-bond donors (Lipinski definition) is 2. The van der Waals surface area contributed by atoms with E-state index in [1.165, 1.54) is 5.56 Å². The highest BCUT2D eigenvalue weighted by Gasteiger charge is 2.03. The molecule has 0 saturated heterocycles. The van der Waals surface area contributed by atoms with Gasteiger partial charge in [0.25, 0.3) is 0 Å². The zero-order valence-electron chi connectivity index (χ0n) is 11.9. The molecule has 100 valence electrons. The molecule has 0 radical (unpaired) electrons. The first kappa shape index (κ1) is 13.3. The van der Waals surface area contributed by atoms with E-state index in [-0.39, 0.29) is 0 Å². The smallest absolute Gasteiger partial charge is 0.224 e. The molecule has 0 spiro atoms. The van der Waals surface area contributed by atoms with Crippen molar-refractivity contribution in [3.05, 3.63) is 41.6 Å². The van der Waals surface area contributed by atoms with Crippen molar-refractivity contribution in [3.63, 3.8) is 0 Å². The van der Waals surface area contributed by atoms with Crippen LogP contribution >= 0.6 is 0 Å². The van der Waals surface area contributed by atoms with Crippen LogP contribution in [0.5, 0.6) is 0 Å². The van der Waals surface area contributed by atoms with E-state index in [2.05, 4.69) is 52.6 Å². The highest BCUT2D eigenvalue weighted by atomic mass is 15.1. The zero-order chi connectivity index (χ0) is 13.8. The number of aromatic nitrogens is 2. The molecule has 4 heteroatoms. The fourth-order valence-corrected chi connectivity index (χ4v) is 1.87. The molecule has 0 aliphatic heterocycles. The highest BCUT2D eigenvalue weighted by molar-refractivity contribution is 5.58. The molecule has 2 rings (SSSR count). The lowest BCUT2D eigenvalue weighted by Gasteiger charge is -2.11. The molecular formula is C15H20N4. The summed E-state index contributed by atoms with van der Waals surface area (Å²) in [6.07, 6.45) is 0. The molecule has 1 heterocycles. The predicted molar refractivity (Wildman–Crippen MR) is 80.1 cm³/mol. The van der Waals surface area contributed by atoms with Crippen molar-refractivity contribution in [3.8, 4) is 0 Å². The standard InChI is InChI=1S/C15H20N4/c1-10(2)12-6-5-7-13(9-12)18-14-8-11(3)17-15(16-4)19-14/h5-10H,1-4H3,(H2,16,17,18,19). The molecule has 4 nitrogen and oxygen atoms in total. The molecule has 0 saturated carbocycles. The molecule has 1 aromatic heterocycles. The van der Waals surface area contributed by atoms with Crippen LogP contribution < -0.4 is 10.6 Å². The van der Waals surface area contributed by atoms with Crippen LogP contribution in [0.15, 0.2) is 30.3 Å². The average molecular weight is 256 g/mol. The maximum atomic E-state index is 4.39. The summed E-state index contributed by atoms with van der Waals surface area (Å²) in [5, 5.41) is 6.28. The lowest BCUT2D eigenvalue weighted by Crippen LogP contribution is -2.02. The van der Waals surface area contributed by atoms with E-state index >= 15 is 0 Å². The van der Waals surface area contributed by atoms with Gasteiger partial charge in [0.15, 0.2) is 0 Å². The summed E-state index contributed by atoms with van der Waals surface area (Å²) >= 11 is 0. The van der Waals surface area contributed by atoms with Crippen molar-refractivity contribution in [1.29, 1.82) is 0 Å². The van der Waals surface area contributed by atoms with Crippen LogP contribution in [0.1, 0.15) is 31.0 Å². The van der Waals surface area contributed by atoms with Gasteiger partial charge >= 0.3 is 0 Å². The molecule has 2 aromatic rings. The maximum absolute atomic E-state index is 4.39. The minimum absolute atomic E-state index is 0.516. The fourth-order valence-electron chi connectivity index (χ4n) is 1.87. The Morgan fingerprint density at radius 3 is 2.58 bits per heavy atom. The first-order chi connectivity index (χ1) is 9.08. The Labute approximate surface area is 114 Å². The number of anilines is 3. The third-order valence-electron chi connectivity index (χ3n) is 2.90. The van der Waals surface area contributed by atoms with Gasteiger partial charge in [-0.1, -0.05) is 26.0 Å². The summed E-state index contributed by atoms with van der Waals surface area (Å²) < 4.78 is 0. The molecule has 0 unspecified atom stereocenters.